The van der Waals surface area contributed by atoms with Gasteiger partial charge < -0.3 is 15.7 Å². The summed E-state index contributed by atoms with van der Waals surface area (Å²) in [6, 6.07) is 3.79. The van der Waals surface area contributed by atoms with Crippen LogP contribution in [0.3, 0.4) is 0 Å². The predicted octanol–water partition coefficient (Wildman–Crippen LogP) is -0.150. The molecule has 0 saturated carbocycles. The van der Waals surface area contributed by atoms with Crippen molar-refractivity contribution in [1.29, 1.82) is 0 Å². The maximum absolute atomic E-state index is 10.5. The summed E-state index contributed by atoms with van der Waals surface area (Å²) in [6.07, 6.45) is 3.43. The maximum atomic E-state index is 10.5. The van der Waals surface area contributed by atoms with E-state index in [0.717, 1.165) is 25.2 Å². The van der Waals surface area contributed by atoms with E-state index in [1.807, 2.05) is 19.1 Å². The van der Waals surface area contributed by atoms with E-state index < -0.39 is 5.60 Å². The van der Waals surface area contributed by atoms with Gasteiger partial charge in [0.2, 0.25) is 0 Å². The third-order valence-corrected chi connectivity index (χ3v) is 2.97. The van der Waals surface area contributed by atoms with Crippen LogP contribution in [0.1, 0.15) is 12.5 Å². The quantitative estimate of drug-likeness (QED) is 0.631. The molecule has 82 valence electrons. The van der Waals surface area contributed by atoms with Gasteiger partial charge in [0.05, 0.1) is 6.04 Å². The van der Waals surface area contributed by atoms with Gasteiger partial charge in [-0.25, -0.2) is 0 Å². The SMILES string of the molecule is CC(O)(c1cccnc1)C1CNCCN1. The zero-order valence-corrected chi connectivity index (χ0v) is 8.90. The van der Waals surface area contributed by atoms with E-state index in [0.29, 0.717) is 0 Å². The van der Waals surface area contributed by atoms with Crippen LogP contribution in [0.2, 0.25) is 0 Å². The Morgan fingerprint density at radius 3 is 3.00 bits per heavy atom. The number of aromatic nitrogens is 1. The van der Waals surface area contributed by atoms with Gasteiger partial charge in [0.25, 0.3) is 0 Å². The number of hydrogen-bond donors (Lipinski definition) is 3. The summed E-state index contributed by atoms with van der Waals surface area (Å²) in [7, 11) is 0. The summed E-state index contributed by atoms with van der Waals surface area (Å²) >= 11 is 0. The fraction of sp³-hybridized carbons (Fsp3) is 0.545. The van der Waals surface area contributed by atoms with Crippen molar-refractivity contribution >= 4 is 0 Å². The molecule has 2 rings (SSSR count). The highest BCUT2D eigenvalue weighted by Crippen LogP contribution is 2.23. The maximum Gasteiger partial charge on any atom is 0.105 e. The molecule has 1 fully saturated rings. The summed E-state index contributed by atoms with van der Waals surface area (Å²) in [5.74, 6) is 0. The molecule has 1 saturated heterocycles. The Hall–Kier alpha value is -0.970. The monoisotopic (exact) mass is 207 g/mol. The zero-order chi connectivity index (χ0) is 10.7. The normalized spacial score (nSPS) is 25.9. The summed E-state index contributed by atoms with van der Waals surface area (Å²) < 4.78 is 0. The fourth-order valence-electron chi connectivity index (χ4n) is 1.91. The van der Waals surface area contributed by atoms with E-state index in [2.05, 4.69) is 15.6 Å². The molecule has 0 radical (unpaired) electrons. The van der Waals surface area contributed by atoms with E-state index in [4.69, 9.17) is 0 Å². The van der Waals surface area contributed by atoms with Crippen LogP contribution in [0, 0.1) is 0 Å². The first-order valence-corrected chi connectivity index (χ1v) is 5.28. The molecule has 4 nitrogen and oxygen atoms in total. The molecule has 0 aromatic carbocycles. The molecule has 2 unspecified atom stereocenters. The van der Waals surface area contributed by atoms with E-state index >= 15 is 0 Å². The molecular weight excluding hydrogens is 190 g/mol. The highest BCUT2D eigenvalue weighted by molar-refractivity contribution is 5.20. The van der Waals surface area contributed by atoms with Gasteiger partial charge in [-0.15, -0.1) is 0 Å². The van der Waals surface area contributed by atoms with Crippen molar-refractivity contribution in [2.24, 2.45) is 0 Å². The summed E-state index contributed by atoms with van der Waals surface area (Å²) in [5.41, 5.74) is -0.0204. The van der Waals surface area contributed by atoms with Crippen molar-refractivity contribution in [3.8, 4) is 0 Å². The first kappa shape index (κ1) is 10.5. The lowest BCUT2D eigenvalue weighted by atomic mass is 9.88. The lowest BCUT2D eigenvalue weighted by Crippen LogP contribution is -2.57. The van der Waals surface area contributed by atoms with Crippen LogP contribution in [0.5, 0.6) is 0 Å². The molecule has 2 heterocycles. The Kier molecular flexibility index (Phi) is 3.00. The Morgan fingerprint density at radius 2 is 2.40 bits per heavy atom. The van der Waals surface area contributed by atoms with Crippen LogP contribution < -0.4 is 10.6 Å². The highest BCUT2D eigenvalue weighted by Gasteiger charge is 2.34. The molecule has 0 spiro atoms. The first-order valence-electron chi connectivity index (χ1n) is 5.28. The molecule has 0 bridgehead atoms. The van der Waals surface area contributed by atoms with Crippen LogP contribution in [-0.4, -0.2) is 35.8 Å². The number of hydrogen-bond acceptors (Lipinski definition) is 4. The third-order valence-electron chi connectivity index (χ3n) is 2.97. The Bertz CT molecular complexity index is 307. The average Bonchev–Trinajstić information content (AvgIpc) is 2.31. The molecular formula is C11H17N3O. The summed E-state index contributed by atoms with van der Waals surface area (Å²) in [5, 5.41) is 17.1. The van der Waals surface area contributed by atoms with Gasteiger partial charge in [-0.3, -0.25) is 4.98 Å². The number of piperazine rings is 1. The van der Waals surface area contributed by atoms with Crippen molar-refractivity contribution in [3.63, 3.8) is 0 Å². The number of nitrogens with one attached hydrogen (secondary N) is 2. The van der Waals surface area contributed by atoms with Crippen LogP contribution in [0.4, 0.5) is 0 Å². The van der Waals surface area contributed by atoms with Crippen molar-refractivity contribution in [2.45, 2.75) is 18.6 Å². The van der Waals surface area contributed by atoms with Gasteiger partial charge in [-0.2, -0.15) is 0 Å². The summed E-state index contributed by atoms with van der Waals surface area (Å²) in [4.78, 5) is 4.04. The lowest BCUT2D eigenvalue weighted by Gasteiger charge is -2.36. The highest BCUT2D eigenvalue weighted by atomic mass is 16.3. The summed E-state index contributed by atoms with van der Waals surface area (Å²) in [6.45, 7) is 4.46. The second kappa shape index (κ2) is 4.26. The van der Waals surface area contributed by atoms with E-state index in [1.165, 1.54) is 0 Å². The molecule has 0 aliphatic carbocycles. The van der Waals surface area contributed by atoms with Crippen molar-refractivity contribution < 1.29 is 5.11 Å². The van der Waals surface area contributed by atoms with Gasteiger partial charge in [-0.05, 0) is 13.0 Å². The van der Waals surface area contributed by atoms with Crippen LogP contribution >= 0.6 is 0 Å². The van der Waals surface area contributed by atoms with Crippen molar-refractivity contribution in [2.75, 3.05) is 19.6 Å². The van der Waals surface area contributed by atoms with E-state index in [9.17, 15) is 5.11 Å². The molecule has 1 aliphatic heterocycles. The van der Waals surface area contributed by atoms with Crippen LogP contribution in [0.25, 0.3) is 0 Å². The Morgan fingerprint density at radius 1 is 1.53 bits per heavy atom. The third kappa shape index (κ3) is 2.17. The number of aliphatic hydroxyl groups is 1. The minimum atomic E-state index is -0.873. The largest absolute Gasteiger partial charge is 0.384 e. The van der Waals surface area contributed by atoms with E-state index in [-0.39, 0.29) is 6.04 Å². The van der Waals surface area contributed by atoms with Gasteiger partial charge in [-0.1, -0.05) is 6.07 Å². The zero-order valence-electron chi connectivity index (χ0n) is 8.90. The second-order valence-corrected chi connectivity index (χ2v) is 4.10. The number of pyridine rings is 1. The van der Waals surface area contributed by atoms with E-state index in [1.54, 1.807) is 12.4 Å². The molecule has 0 amide bonds. The Balaban J connectivity index is 2.18. The molecule has 15 heavy (non-hydrogen) atoms. The average molecular weight is 207 g/mol. The lowest BCUT2D eigenvalue weighted by molar-refractivity contribution is 0.0102. The minimum absolute atomic E-state index is 0.0375. The van der Waals surface area contributed by atoms with Crippen LogP contribution in [-0.2, 0) is 5.60 Å². The standard InChI is InChI=1S/C11H17N3O/c1-11(15,9-3-2-4-12-7-9)10-8-13-5-6-14-10/h2-4,7,10,13-15H,5-6,8H2,1H3. The minimum Gasteiger partial charge on any atom is -0.384 e. The van der Waals surface area contributed by atoms with Gasteiger partial charge >= 0.3 is 0 Å². The molecule has 1 aromatic rings. The molecule has 2 atom stereocenters. The number of nitrogens with zero attached hydrogens (tertiary/aromatic N) is 1. The smallest absolute Gasteiger partial charge is 0.105 e. The Labute approximate surface area is 89.7 Å². The first-order chi connectivity index (χ1) is 7.21. The van der Waals surface area contributed by atoms with Crippen molar-refractivity contribution in [1.82, 2.24) is 15.6 Å². The second-order valence-electron chi connectivity index (χ2n) is 4.10. The number of rotatable bonds is 2. The van der Waals surface area contributed by atoms with Gasteiger partial charge in [0, 0.05) is 37.6 Å². The fourth-order valence-corrected chi connectivity index (χ4v) is 1.91. The molecule has 1 aliphatic rings. The molecule has 4 heteroatoms. The van der Waals surface area contributed by atoms with Crippen LogP contribution in [0.15, 0.2) is 24.5 Å². The van der Waals surface area contributed by atoms with Gasteiger partial charge in [0.1, 0.15) is 5.60 Å². The topological polar surface area (TPSA) is 57.2 Å². The van der Waals surface area contributed by atoms with Gasteiger partial charge in [0.15, 0.2) is 0 Å². The molecule has 3 N–H and O–H groups in total. The van der Waals surface area contributed by atoms with Crippen molar-refractivity contribution in [3.05, 3.63) is 30.1 Å². The predicted molar refractivity (Wildman–Crippen MR) is 58.5 cm³/mol. The molecule has 1 aromatic heterocycles.